The highest BCUT2D eigenvalue weighted by Crippen LogP contribution is 2.35. The van der Waals surface area contributed by atoms with E-state index in [9.17, 15) is 9.59 Å². The van der Waals surface area contributed by atoms with Crippen LogP contribution < -0.4 is 14.4 Å². The van der Waals surface area contributed by atoms with Crippen molar-refractivity contribution in [2.24, 2.45) is 5.92 Å². The number of anilines is 1. The highest BCUT2D eigenvalue weighted by atomic mass is 16.5. The molecule has 3 heterocycles. The second-order valence-electron chi connectivity index (χ2n) is 7.98. The Morgan fingerprint density at radius 1 is 1.13 bits per heavy atom. The van der Waals surface area contributed by atoms with Crippen LogP contribution in [0.3, 0.4) is 0 Å². The number of rotatable bonds is 4. The molecule has 1 saturated heterocycles. The van der Waals surface area contributed by atoms with Gasteiger partial charge in [0.15, 0.2) is 17.3 Å². The van der Waals surface area contributed by atoms with E-state index in [1.807, 2.05) is 41.3 Å². The molecule has 2 aromatic carbocycles. The van der Waals surface area contributed by atoms with Crippen molar-refractivity contribution in [1.82, 2.24) is 15.1 Å². The number of amides is 2. The normalized spacial score (nSPS) is 18.4. The molecule has 2 aliphatic heterocycles. The van der Waals surface area contributed by atoms with Gasteiger partial charge in [-0.05, 0) is 41.8 Å². The van der Waals surface area contributed by atoms with Crippen molar-refractivity contribution in [3.8, 4) is 11.5 Å². The molecule has 1 N–H and O–H groups in total. The van der Waals surface area contributed by atoms with Crippen molar-refractivity contribution in [3.63, 3.8) is 0 Å². The quantitative estimate of drug-likeness (QED) is 0.701. The molecule has 8 nitrogen and oxygen atoms in total. The topological polar surface area (TPSA) is 87.8 Å². The molecule has 31 heavy (non-hydrogen) atoms. The zero-order valence-corrected chi connectivity index (χ0v) is 17.6. The summed E-state index contributed by atoms with van der Waals surface area (Å²) in [4.78, 5) is 29.5. The largest absolute Gasteiger partial charge is 0.493 e. The van der Waals surface area contributed by atoms with Gasteiger partial charge >= 0.3 is 0 Å². The van der Waals surface area contributed by atoms with Gasteiger partial charge in [0, 0.05) is 31.4 Å². The Balaban J connectivity index is 1.34. The van der Waals surface area contributed by atoms with E-state index in [-0.39, 0.29) is 24.2 Å². The fraction of sp³-hybridized carbons (Fsp3) is 0.348. The zero-order valence-electron chi connectivity index (χ0n) is 17.6. The summed E-state index contributed by atoms with van der Waals surface area (Å²) in [5.41, 5.74) is 3.09. The Hall–Kier alpha value is -3.55. The van der Waals surface area contributed by atoms with Crippen LogP contribution in [0.2, 0.25) is 0 Å². The van der Waals surface area contributed by atoms with Crippen LogP contribution in [-0.2, 0) is 22.6 Å². The zero-order chi connectivity index (χ0) is 21.5. The molecular formula is C23H24N4O4. The molecule has 0 aliphatic carbocycles. The summed E-state index contributed by atoms with van der Waals surface area (Å²) in [5.74, 6) is 1.52. The van der Waals surface area contributed by atoms with Crippen molar-refractivity contribution < 1.29 is 19.1 Å². The van der Waals surface area contributed by atoms with Gasteiger partial charge in [-0.25, -0.2) is 0 Å². The molecule has 1 aromatic heterocycles. The van der Waals surface area contributed by atoms with Gasteiger partial charge in [-0.1, -0.05) is 12.1 Å². The Morgan fingerprint density at radius 3 is 2.65 bits per heavy atom. The lowest BCUT2D eigenvalue weighted by atomic mass is 9.97. The van der Waals surface area contributed by atoms with Gasteiger partial charge in [-0.2, -0.15) is 5.10 Å². The van der Waals surface area contributed by atoms with Crippen molar-refractivity contribution in [1.29, 1.82) is 0 Å². The van der Waals surface area contributed by atoms with Crippen LogP contribution in [0.15, 0.2) is 36.4 Å². The highest BCUT2D eigenvalue weighted by molar-refractivity contribution is 6.05. The molecule has 0 spiro atoms. The fourth-order valence-corrected chi connectivity index (χ4v) is 4.56. The van der Waals surface area contributed by atoms with Crippen LogP contribution in [0.4, 0.5) is 5.82 Å². The third-order valence-electron chi connectivity index (χ3n) is 6.21. The van der Waals surface area contributed by atoms with Crippen molar-refractivity contribution in [3.05, 3.63) is 47.5 Å². The molecule has 2 amide bonds. The van der Waals surface area contributed by atoms with E-state index < -0.39 is 0 Å². The lowest BCUT2D eigenvalue weighted by molar-refractivity contribution is -0.136. The third kappa shape index (κ3) is 3.28. The summed E-state index contributed by atoms with van der Waals surface area (Å²) < 4.78 is 10.8. The van der Waals surface area contributed by atoms with E-state index in [2.05, 4.69) is 10.2 Å². The summed E-state index contributed by atoms with van der Waals surface area (Å²) >= 11 is 0. The van der Waals surface area contributed by atoms with Gasteiger partial charge in [0.25, 0.3) is 0 Å². The molecule has 1 fully saturated rings. The Bertz CT molecular complexity index is 1170. The van der Waals surface area contributed by atoms with E-state index >= 15 is 0 Å². The lowest BCUT2D eigenvalue weighted by Gasteiger charge is -2.31. The second kappa shape index (κ2) is 7.61. The predicted molar refractivity (Wildman–Crippen MR) is 115 cm³/mol. The first-order valence-electron chi connectivity index (χ1n) is 10.3. The van der Waals surface area contributed by atoms with Crippen molar-refractivity contribution in [2.45, 2.75) is 19.4 Å². The molecule has 3 aromatic rings. The maximum Gasteiger partial charge on any atom is 0.229 e. The van der Waals surface area contributed by atoms with Gasteiger partial charge < -0.3 is 14.4 Å². The number of para-hydroxylation sites is 1. The van der Waals surface area contributed by atoms with Crippen LogP contribution in [0.25, 0.3) is 10.9 Å². The molecule has 8 heteroatoms. The number of hydrogen-bond donors (Lipinski definition) is 1. The average molecular weight is 420 g/mol. The van der Waals surface area contributed by atoms with Gasteiger partial charge in [0.05, 0.1) is 25.7 Å². The summed E-state index contributed by atoms with van der Waals surface area (Å²) in [6.45, 7) is 1.48. The first-order chi connectivity index (χ1) is 15.1. The number of benzene rings is 2. The first-order valence-corrected chi connectivity index (χ1v) is 10.3. The van der Waals surface area contributed by atoms with Crippen LogP contribution >= 0.6 is 0 Å². The third-order valence-corrected chi connectivity index (χ3v) is 6.21. The van der Waals surface area contributed by atoms with Gasteiger partial charge in [-0.3, -0.25) is 19.6 Å². The standard InChI is InChI=1S/C23H24N4O4/c1-30-19-9-14-7-8-26(12-15(14)10-20(19)31-2)23(29)16-11-21(28)27(13-16)22-17-5-3-4-6-18(17)24-25-22/h3-6,9-10,16H,7-8,11-13H2,1-2H3,(H,24,25)/t16-/m1/s1. The molecule has 160 valence electrons. The number of carbonyl (C=O) groups excluding carboxylic acids is 2. The van der Waals surface area contributed by atoms with E-state index in [1.165, 1.54) is 0 Å². The van der Waals surface area contributed by atoms with Crippen molar-refractivity contribution in [2.75, 3.05) is 32.2 Å². The van der Waals surface area contributed by atoms with E-state index in [0.29, 0.717) is 37.0 Å². The number of hydrogen-bond acceptors (Lipinski definition) is 5. The van der Waals surface area contributed by atoms with Crippen LogP contribution in [0, 0.1) is 5.92 Å². The smallest absolute Gasteiger partial charge is 0.229 e. The number of nitrogens with one attached hydrogen (secondary N) is 1. The molecule has 0 saturated carbocycles. The number of methoxy groups -OCH3 is 2. The lowest BCUT2D eigenvalue weighted by Crippen LogP contribution is -2.40. The predicted octanol–water partition coefficient (Wildman–Crippen LogP) is 2.52. The molecular weight excluding hydrogens is 396 g/mol. The molecule has 0 unspecified atom stereocenters. The minimum atomic E-state index is -0.371. The molecule has 5 rings (SSSR count). The summed E-state index contributed by atoms with van der Waals surface area (Å²) in [5, 5.41) is 8.18. The average Bonchev–Trinajstić information content (AvgIpc) is 3.40. The maximum absolute atomic E-state index is 13.3. The molecule has 1 atom stereocenters. The van der Waals surface area contributed by atoms with Crippen LogP contribution in [-0.4, -0.2) is 54.2 Å². The Kier molecular flexibility index (Phi) is 4.77. The number of aromatic nitrogens is 2. The van der Waals surface area contributed by atoms with Gasteiger partial charge in [0.1, 0.15) is 0 Å². The number of carbonyl (C=O) groups is 2. The first kappa shape index (κ1) is 19.4. The van der Waals surface area contributed by atoms with E-state index in [0.717, 1.165) is 28.5 Å². The Labute approximate surface area is 179 Å². The number of ether oxygens (including phenoxy) is 2. The minimum absolute atomic E-state index is 0.0103. The number of fused-ring (bicyclic) bond motifs is 2. The van der Waals surface area contributed by atoms with Gasteiger partial charge in [-0.15, -0.1) is 0 Å². The van der Waals surface area contributed by atoms with E-state index in [1.54, 1.807) is 19.1 Å². The monoisotopic (exact) mass is 420 g/mol. The van der Waals surface area contributed by atoms with Gasteiger partial charge in [0.2, 0.25) is 11.8 Å². The Morgan fingerprint density at radius 2 is 1.87 bits per heavy atom. The molecule has 0 bridgehead atoms. The highest BCUT2D eigenvalue weighted by Gasteiger charge is 2.39. The molecule has 0 radical (unpaired) electrons. The number of H-pyrrole nitrogens is 1. The minimum Gasteiger partial charge on any atom is -0.493 e. The van der Waals surface area contributed by atoms with Crippen LogP contribution in [0.5, 0.6) is 11.5 Å². The van der Waals surface area contributed by atoms with Crippen molar-refractivity contribution >= 4 is 28.5 Å². The summed E-state index contributed by atoms with van der Waals surface area (Å²) in [6, 6.07) is 11.6. The number of aromatic amines is 1. The second-order valence-corrected chi connectivity index (χ2v) is 7.98. The SMILES string of the molecule is COc1cc2c(cc1OC)CN(C(=O)[C@@H]1CC(=O)N(c3n[nH]c4ccccc34)C1)CC2. The van der Waals surface area contributed by atoms with E-state index in [4.69, 9.17) is 9.47 Å². The summed E-state index contributed by atoms with van der Waals surface area (Å²) in [6.07, 6.45) is 0.950. The summed E-state index contributed by atoms with van der Waals surface area (Å²) in [7, 11) is 3.22. The fourth-order valence-electron chi connectivity index (χ4n) is 4.56. The van der Waals surface area contributed by atoms with Crippen LogP contribution in [0.1, 0.15) is 17.5 Å². The number of nitrogens with zero attached hydrogens (tertiary/aromatic N) is 3. The molecule has 2 aliphatic rings. The maximum atomic E-state index is 13.3.